The summed E-state index contributed by atoms with van der Waals surface area (Å²) in [6, 6.07) is 6.37. The van der Waals surface area contributed by atoms with Crippen molar-refractivity contribution in [2.45, 2.75) is 77.8 Å². The second-order valence-electron chi connectivity index (χ2n) is 7.00. The highest BCUT2D eigenvalue weighted by atomic mass is 16.3. The number of hydrogen-bond donors (Lipinski definition) is 0. The molecule has 0 bridgehead atoms. The van der Waals surface area contributed by atoms with E-state index in [0.717, 1.165) is 36.8 Å². The van der Waals surface area contributed by atoms with E-state index >= 15 is 0 Å². The number of amides is 1. The number of aromatic nitrogens is 1. The summed E-state index contributed by atoms with van der Waals surface area (Å²) in [5.41, 5.74) is 2.86. The third kappa shape index (κ3) is 3.97. The maximum Gasteiger partial charge on any atom is 0.223 e. The third-order valence-electron chi connectivity index (χ3n) is 4.97. The van der Waals surface area contributed by atoms with E-state index < -0.39 is 0 Å². The molecule has 130 valence electrons. The van der Waals surface area contributed by atoms with E-state index in [4.69, 9.17) is 4.42 Å². The van der Waals surface area contributed by atoms with E-state index in [-0.39, 0.29) is 5.91 Å². The number of carbonyl (C=O) groups excluding carboxylic acids is 1. The Morgan fingerprint density at radius 3 is 2.83 bits per heavy atom. The third-order valence-corrected chi connectivity index (χ3v) is 4.97. The minimum Gasteiger partial charge on any atom is -0.439 e. The first-order chi connectivity index (χ1) is 11.7. The van der Waals surface area contributed by atoms with Crippen molar-refractivity contribution >= 4 is 17.0 Å². The van der Waals surface area contributed by atoms with Gasteiger partial charge in [0.25, 0.3) is 0 Å². The normalized spacial score (nSPS) is 15.8. The van der Waals surface area contributed by atoms with Gasteiger partial charge in [0, 0.05) is 12.5 Å². The van der Waals surface area contributed by atoms with Gasteiger partial charge in [0.15, 0.2) is 5.58 Å². The van der Waals surface area contributed by atoms with Crippen molar-refractivity contribution in [2.24, 2.45) is 0 Å². The number of hydrogen-bond acceptors (Lipinski definition) is 3. The number of rotatable bonds is 6. The Bertz CT molecular complexity index is 686. The predicted octanol–water partition coefficient (Wildman–Crippen LogP) is 4.99. The molecule has 1 aromatic heterocycles. The summed E-state index contributed by atoms with van der Waals surface area (Å²) in [6.45, 7) is 4.68. The van der Waals surface area contributed by atoms with Crippen LogP contribution in [0.5, 0.6) is 0 Å². The predicted molar refractivity (Wildman–Crippen MR) is 95.7 cm³/mol. The lowest BCUT2D eigenvalue weighted by Gasteiger charge is -2.33. The monoisotopic (exact) mass is 328 g/mol. The summed E-state index contributed by atoms with van der Waals surface area (Å²) in [4.78, 5) is 19.4. The van der Waals surface area contributed by atoms with Crippen LogP contribution < -0.4 is 0 Å². The Kier molecular flexibility index (Phi) is 5.54. The SMILES string of the molecule is CCCCC(=O)N(Cc1nc2cc(C)ccc2o1)C1CCCCC1. The molecule has 0 atom stereocenters. The first-order valence-electron chi connectivity index (χ1n) is 9.33. The molecule has 1 aliphatic carbocycles. The zero-order valence-electron chi connectivity index (χ0n) is 14.9. The van der Waals surface area contributed by atoms with Crippen LogP contribution in [0.1, 0.15) is 69.7 Å². The largest absolute Gasteiger partial charge is 0.439 e. The Labute approximate surface area is 144 Å². The lowest BCUT2D eigenvalue weighted by atomic mass is 9.94. The van der Waals surface area contributed by atoms with Crippen molar-refractivity contribution in [3.05, 3.63) is 29.7 Å². The van der Waals surface area contributed by atoms with E-state index in [9.17, 15) is 4.79 Å². The minimum absolute atomic E-state index is 0.252. The van der Waals surface area contributed by atoms with Crippen LogP contribution in [0, 0.1) is 6.92 Å². The second kappa shape index (κ2) is 7.82. The van der Waals surface area contributed by atoms with E-state index in [1.807, 2.05) is 23.1 Å². The molecule has 4 nitrogen and oxygen atoms in total. The van der Waals surface area contributed by atoms with Gasteiger partial charge in [-0.3, -0.25) is 4.79 Å². The lowest BCUT2D eigenvalue weighted by molar-refractivity contribution is -0.135. The zero-order chi connectivity index (χ0) is 16.9. The zero-order valence-corrected chi connectivity index (χ0v) is 14.9. The van der Waals surface area contributed by atoms with Gasteiger partial charge in [-0.1, -0.05) is 38.7 Å². The topological polar surface area (TPSA) is 46.3 Å². The summed E-state index contributed by atoms with van der Waals surface area (Å²) in [5, 5.41) is 0. The summed E-state index contributed by atoms with van der Waals surface area (Å²) < 4.78 is 5.89. The molecule has 0 N–H and O–H groups in total. The molecule has 1 saturated carbocycles. The first kappa shape index (κ1) is 17.0. The molecular weight excluding hydrogens is 300 g/mol. The van der Waals surface area contributed by atoms with Crippen molar-refractivity contribution in [2.75, 3.05) is 0 Å². The van der Waals surface area contributed by atoms with Gasteiger partial charge in [-0.15, -0.1) is 0 Å². The molecule has 1 aliphatic rings. The average Bonchev–Trinajstić information content (AvgIpc) is 3.00. The number of nitrogens with zero attached hydrogens (tertiary/aromatic N) is 2. The molecule has 2 aromatic rings. The van der Waals surface area contributed by atoms with E-state index in [1.54, 1.807) is 0 Å². The fourth-order valence-corrected chi connectivity index (χ4v) is 3.58. The number of aryl methyl sites for hydroxylation is 1. The van der Waals surface area contributed by atoms with E-state index in [2.05, 4.69) is 18.8 Å². The minimum atomic E-state index is 0.252. The lowest BCUT2D eigenvalue weighted by Crippen LogP contribution is -2.40. The van der Waals surface area contributed by atoms with Gasteiger partial charge in [-0.2, -0.15) is 0 Å². The van der Waals surface area contributed by atoms with Crippen LogP contribution >= 0.6 is 0 Å². The highest BCUT2D eigenvalue weighted by Crippen LogP contribution is 2.26. The van der Waals surface area contributed by atoms with Gasteiger partial charge in [0.2, 0.25) is 11.8 Å². The van der Waals surface area contributed by atoms with Gasteiger partial charge < -0.3 is 9.32 Å². The average molecular weight is 328 g/mol. The highest BCUT2D eigenvalue weighted by Gasteiger charge is 2.26. The molecule has 24 heavy (non-hydrogen) atoms. The van der Waals surface area contributed by atoms with Crippen molar-refractivity contribution in [3.8, 4) is 0 Å². The molecule has 1 amide bonds. The molecule has 3 rings (SSSR count). The maximum absolute atomic E-state index is 12.7. The van der Waals surface area contributed by atoms with Crippen molar-refractivity contribution in [1.29, 1.82) is 0 Å². The standard InChI is InChI=1S/C20H28N2O2/c1-3-4-10-20(23)22(16-8-6-5-7-9-16)14-19-21-17-13-15(2)11-12-18(17)24-19/h11-13,16H,3-10,14H2,1-2H3. The summed E-state index contributed by atoms with van der Waals surface area (Å²) in [7, 11) is 0. The number of carbonyl (C=O) groups is 1. The van der Waals surface area contributed by atoms with Gasteiger partial charge in [0.1, 0.15) is 5.52 Å². The highest BCUT2D eigenvalue weighted by molar-refractivity contribution is 5.77. The van der Waals surface area contributed by atoms with Crippen LogP contribution in [0.3, 0.4) is 0 Å². The Morgan fingerprint density at radius 2 is 2.08 bits per heavy atom. The van der Waals surface area contributed by atoms with Gasteiger partial charge in [-0.25, -0.2) is 4.98 Å². The van der Waals surface area contributed by atoms with Crippen LogP contribution in [-0.4, -0.2) is 21.8 Å². The van der Waals surface area contributed by atoms with E-state index in [0.29, 0.717) is 24.9 Å². The summed E-state index contributed by atoms with van der Waals surface area (Å²) in [6.07, 6.45) is 8.57. The molecule has 1 aromatic carbocycles. The molecule has 0 spiro atoms. The van der Waals surface area contributed by atoms with Crippen LogP contribution in [0.25, 0.3) is 11.1 Å². The number of benzene rings is 1. The fourth-order valence-electron chi connectivity index (χ4n) is 3.58. The van der Waals surface area contributed by atoms with E-state index in [1.165, 1.54) is 24.8 Å². The van der Waals surface area contributed by atoms with Crippen LogP contribution in [0.4, 0.5) is 0 Å². The van der Waals surface area contributed by atoms with Crippen LogP contribution in [-0.2, 0) is 11.3 Å². The Balaban J connectivity index is 1.79. The van der Waals surface area contributed by atoms with Crippen molar-refractivity contribution in [3.63, 3.8) is 0 Å². The van der Waals surface area contributed by atoms with Crippen molar-refractivity contribution < 1.29 is 9.21 Å². The molecule has 1 heterocycles. The van der Waals surface area contributed by atoms with Crippen LogP contribution in [0.15, 0.2) is 22.6 Å². The summed E-state index contributed by atoms with van der Waals surface area (Å²) >= 11 is 0. The first-order valence-corrected chi connectivity index (χ1v) is 9.33. The number of fused-ring (bicyclic) bond motifs is 1. The molecule has 0 unspecified atom stereocenters. The fraction of sp³-hybridized carbons (Fsp3) is 0.600. The Hall–Kier alpha value is -1.84. The smallest absolute Gasteiger partial charge is 0.223 e. The molecular formula is C20H28N2O2. The van der Waals surface area contributed by atoms with Gasteiger partial charge in [0.05, 0.1) is 6.54 Å². The molecule has 0 radical (unpaired) electrons. The number of oxazole rings is 1. The van der Waals surface area contributed by atoms with Gasteiger partial charge >= 0.3 is 0 Å². The molecule has 0 aliphatic heterocycles. The van der Waals surface area contributed by atoms with Crippen LogP contribution in [0.2, 0.25) is 0 Å². The summed E-state index contributed by atoms with van der Waals surface area (Å²) in [5.74, 6) is 0.910. The van der Waals surface area contributed by atoms with Gasteiger partial charge in [-0.05, 0) is 43.9 Å². The quantitative estimate of drug-likeness (QED) is 0.750. The molecule has 0 saturated heterocycles. The van der Waals surface area contributed by atoms with Crippen molar-refractivity contribution in [1.82, 2.24) is 9.88 Å². The number of unbranched alkanes of at least 4 members (excludes halogenated alkanes) is 1. The second-order valence-corrected chi connectivity index (χ2v) is 7.00. The molecule has 1 fully saturated rings. The maximum atomic E-state index is 12.7. The molecule has 4 heteroatoms. The Morgan fingerprint density at radius 1 is 1.29 bits per heavy atom.